The molecular weight excluding hydrogens is 304 g/mol. The SMILES string of the molecule is CCCCCCCCCCCC[C@@]12CC[C@@H](O1)C1C(=O)OC(=O)C12. The van der Waals surface area contributed by atoms with E-state index in [-0.39, 0.29) is 29.9 Å². The Bertz CT molecular complexity index is 461. The summed E-state index contributed by atoms with van der Waals surface area (Å²) in [5.41, 5.74) is -0.390. The summed E-state index contributed by atoms with van der Waals surface area (Å²) in [5, 5.41) is 0. The van der Waals surface area contributed by atoms with E-state index < -0.39 is 5.60 Å². The van der Waals surface area contributed by atoms with Gasteiger partial charge >= 0.3 is 11.9 Å². The summed E-state index contributed by atoms with van der Waals surface area (Å²) in [6, 6.07) is 0. The molecule has 0 N–H and O–H groups in total. The van der Waals surface area contributed by atoms with E-state index in [1.54, 1.807) is 0 Å². The van der Waals surface area contributed by atoms with Crippen LogP contribution in [0.3, 0.4) is 0 Å². The number of esters is 2. The van der Waals surface area contributed by atoms with Crippen LogP contribution in [-0.4, -0.2) is 23.6 Å². The Morgan fingerprint density at radius 2 is 1.54 bits per heavy atom. The maximum absolute atomic E-state index is 12.0. The van der Waals surface area contributed by atoms with Crippen molar-refractivity contribution < 1.29 is 19.1 Å². The molecule has 0 radical (unpaired) electrons. The van der Waals surface area contributed by atoms with Gasteiger partial charge in [0.05, 0.1) is 17.6 Å². The van der Waals surface area contributed by atoms with E-state index in [1.165, 1.54) is 57.8 Å². The summed E-state index contributed by atoms with van der Waals surface area (Å²) < 4.78 is 11.0. The van der Waals surface area contributed by atoms with Crippen molar-refractivity contribution in [3.63, 3.8) is 0 Å². The molecule has 4 heteroatoms. The number of hydrogen-bond donors (Lipinski definition) is 0. The normalized spacial score (nSPS) is 34.0. The van der Waals surface area contributed by atoms with Crippen LogP contribution in [0.25, 0.3) is 0 Å². The first kappa shape index (κ1) is 17.9. The summed E-state index contributed by atoms with van der Waals surface area (Å²) in [4.78, 5) is 23.8. The molecule has 0 amide bonds. The summed E-state index contributed by atoms with van der Waals surface area (Å²) in [5.74, 6) is -1.31. The number of cyclic esters (lactones) is 2. The highest BCUT2D eigenvalue weighted by Gasteiger charge is 2.68. The van der Waals surface area contributed by atoms with Crippen molar-refractivity contribution in [3.05, 3.63) is 0 Å². The van der Waals surface area contributed by atoms with Crippen molar-refractivity contribution in [2.45, 2.75) is 102 Å². The van der Waals surface area contributed by atoms with Crippen LogP contribution >= 0.6 is 0 Å². The van der Waals surface area contributed by atoms with Crippen LogP contribution < -0.4 is 0 Å². The molecule has 3 aliphatic rings. The van der Waals surface area contributed by atoms with Crippen molar-refractivity contribution in [2.24, 2.45) is 11.8 Å². The fourth-order valence-corrected chi connectivity index (χ4v) is 4.96. The summed E-state index contributed by atoms with van der Waals surface area (Å²) >= 11 is 0. The lowest BCUT2D eigenvalue weighted by Gasteiger charge is -2.29. The fourth-order valence-electron chi connectivity index (χ4n) is 4.96. The molecule has 3 rings (SSSR count). The first-order valence-electron chi connectivity index (χ1n) is 10.1. The fraction of sp³-hybridized carbons (Fsp3) is 0.900. The number of hydrogen-bond acceptors (Lipinski definition) is 4. The standard InChI is InChI=1S/C20H32O4/c1-2-3-4-5-6-7-8-9-10-11-13-20-14-12-15(24-20)16-17(20)19(22)23-18(16)21/h15-17H,2-14H2,1H3/t15-,16?,17?,20+/m1/s1. The average Bonchev–Trinajstić information content (AvgIpc) is 3.21. The molecule has 0 aromatic carbocycles. The smallest absolute Gasteiger partial charge is 0.320 e. The molecule has 3 heterocycles. The topological polar surface area (TPSA) is 52.6 Å². The van der Waals surface area contributed by atoms with Crippen molar-refractivity contribution in [1.82, 2.24) is 0 Å². The molecule has 0 aliphatic carbocycles. The molecule has 3 saturated heterocycles. The Morgan fingerprint density at radius 3 is 2.21 bits per heavy atom. The molecule has 3 aliphatic heterocycles. The van der Waals surface area contributed by atoms with Crippen LogP contribution in [0.5, 0.6) is 0 Å². The van der Waals surface area contributed by atoms with Gasteiger partial charge < -0.3 is 9.47 Å². The van der Waals surface area contributed by atoms with E-state index in [4.69, 9.17) is 9.47 Å². The number of carbonyl (C=O) groups is 2. The third-order valence-electron chi connectivity index (χ3n) is 6.25. The lowest BCUT2D eigenvalue weighted by molar-refractivity contribution is -0.159. The molecule has 136 valence electrons. The van der Waals surface area contributed by atoms with Crippen molar-refractivity contribution in [3.8, 4) is 0 Å². The highest BCUT2D eigenvalue weighted by atomic mass is 16.6. The van der Waals surface area contributed by atoms with Gasteiger partial charge in [-0.1, -0.05) is 71.1 Å². The van der Waals surface area contributed by atoms with Gasteiger partial charge in [-0.05, 0) is 19.3 Å². The number of unbranched alkanes of at least 4 members (excludes halogenated alkanes) is 9. The van der Waals surface area contributed by atoms with Crippen molar-refractivity contribution in [1.29, 1.82) is 0 Å². The van der Waals surface area contributed by atoms with E-state index in [0.29, 0.717) is 0 Å². The zero-order valence-electron chi connectivity index (χ0n) is 15.1. The lowest BCUT2D eigenvalue weighted by Crippen LogP contribution is -2.40. The van der Waals surface area contributed by atoms with E-state index in [2.05, 4.69) is 6.92 Å². The minimum Gasteiger partial charge on any atom is -0.393 e. The second-order valence-electron chi connectivity index (χ2n) is 7.94. The van der Waals surface area contributed by atoms with Crippen LogP contribution in [0.2, 0.25) is 0 Å². The Balaban J connectivity index is 1.32. The Kier molecular flexibility index (Phi) is 5.96. The summed E-state index contributed by atoms with van der Waals surface area (Å²) in [7, 11) is 0. The maximum atomic E-state index is 12.0. The Morgan fingerprint density at radius 1 is 0.917 bits per heavy atom. The number of fused-ring (bicyclic) bond motifs is 5. The minimum atomic E-state index is -0.390. The van der Waals surface area contributed by atoms with Gasteiger partial charge in [0.1, 0.15) is 5.92 Å². The molecule has 4 nitrogen and oxygen atoms in total. The second-order valence-corrected chi connectivity index (χ2v) is 7.94. The molecule has 3 fully saturated rings. The maximum Gasteiger partial charge on any atom is 0.320 e. The summed E-state index contributed by atoms with van der Waals surface area (Å²) in [6.45, 7) is 2.25. The quantitative estimate of drug-likeness (QED) is 0.316. The molecule has 0 aromatic heterocycles. The molecule has 4 atom stereocenters. The van der Waals surface area contributed by atoms with Gasteiger partial charge in [-0.3, -0.25) is 9.59 Å². The zero-order chi connectivity index (χ0) is 17.0. The molecule has 0 aromatic rings. The van der Waals surface area contributed by atoms with Crippen LogP contribution in [0.15, 0.2) is 0 Å². The van der Waals surface area contributed by atoms with Crippen LogP contribution in [0.1, 0.15) is 90.4 Å². The van der Waals surface area contributed by atoms with E-state index >= 15 is 0 Å². The minimum absolute atomic E-state index is 0.0722. The van der Waals surface area contributed by atoms with Gasteiger partial charge in [0.2, 0.25) is 0 Å². The van der Waals surface area contributed by atoms with Crippen molar-refractivity contribution >= 4 is 11.9 Å². The monoisotopic (exact) mass is 336 g/mol. The third kappa shape index (κ3) is 3.54. The van der Waals surface area contributed by atoms with Crippen LogP contribution in [0.4, 0.5) is 0 Å². The molecule has 24 heavy (non-hydrogen) atoms. The van der Waals surface area contributed by atoms with Gasteiger partial charge in [-0.25, -0.2) is 0 Å². The lowest BCUT2D eigenvalue weighted by atomic mass is 9.71. The first-order valence-corrected chi connectivity index (χ1v) is 10.1. The number of carbonyl (C=O) groups excluding carboxylic acids is 2. The van der Waals surface area contributed by atoms with Crippen LogP contribution in [-0.2, 0) is 19.1 Å². The number of rotatable bonds is 11. The first-order chi connectivity index (χ1) is 11.7. The van der Waals surface area contributed by atoms with Gasteiger partial charge in [-0.2, -0.15) is 0 Å². The Labute approximate surface area is 145 Å². The average molecular weight is 336 g/mol. The number of ether oxygens (including phenoxy) is 2. The van der Waals surface area contributed by atoms with Crippen molar-refractivity contribution in [2.75, 3.05) is 0 Å². The predicted molar refractivity (Wildman–Crippen MR) is 91.4 cm³/mol. The Hall–Kier alpha value is -0.900. The predicted octanol–water partition coefficient (Wildman–Crippen LogP) is 4.54. The third-order valence-corrected chi connectivity index (χ3v) is 6.25. The van der Waals surface area contributed by atoms with Gasteiger partial charge in [0.25, 0.3) is 0 Å². The van der Waals surface area contributed by atoms with E-state index in [1.807, 2.05) is 0 Å². The molecule has 0 saturated carbocycles. The molecular formula is C20H32O4. The van der Waals surface area contributed by atoms with E-state index in [0.717, 1.165) is 25.7 Å². The summed E-state index contributed by atoms with van der Waals surface area (Å²) in [6.07, 6.45) is 15.7. The second kappa shape index (κ2) is 7.99. The molecule has 0 spiro atoms. The van der Waals surface area contributed by atoms with Gasteiger partial charge in [0, 0.05) is 0 Å². The largest absolute Gasteiger partial charge is 0.393 e. The molecule has 2 unspecified atom stereocenters. The molecule has 2 bridgehead atoms. The zero-order valence-corrected chi connectivity index (χ0v) is 15.1. The van der Waals surface area contributed by atoms with Gasteiger partial charge in [0.15, 0.2) is 0 Å². The van der Waals surface area contributed by atoms with E-state index in [9.17, 15) is 9.59 Å². The highest BCUT2D eigenvalue weighted by molar-refractivity contribution is 5.98. The van der Waals surface area contributed by atoms with Gasteiger partial charge in [-0.15, -0.1) is 0 Å². The van der Waals surface area contributed by atoms with Crippen LogP contribution in [0, 0.1) is 11.8 Å². The highest BCUT2D eigenvalue weighted by Crippen LogP contribution is 2.56.